The Hall–Kier alpha value is -3.55. The summed E-state index contributed by atoms with van der Waals surface area (Å²) in [7, 11) is 0. The van der Waals surface area contributed by atoms with Gasteiger partial charge >= 0.3 is 5.69 Å². The molecule has 8 nitrogen and oxygen atoms in total. The Kier molecular flexibility index (Phi) is 6.85. The van der Waals surface area contributed by atoms with E-state index >= 15 is 0 Å². The molecule has 1 fully saturated rings. The van der Waals surface area contributed by atoms with Crippen LogP contribution in [0.3, 0.4) is 0 Å². The fourth-order valence-electron chi connectivity index (χ4n) is 5.54. The molecule has 1 aliphatic carbocycles. The van der Waals surface area contributed by atoms with E-state index in [0.29, 0.717) is 12.4 Å². The lowest BCUT2D eigenvalue weighted by Crippen LogP contribution is -2.37. The van der Waals surface area contributed by atoms with Crippen molar-refractivity contribution in [1.82, 2.24) is 34.7 Å². The van der Waals surface area contributed by atoms with E-state index in [2.05, 4.69) is 53.7 Å². The van der Waals surface area contributed by atoms with E-state index in [9.17, 15) is 4.79 Å². The summed E-state index contributed by atoms with van der Waals surface area (Å²) in [5.41, 5.74) is 5.10. The number of hydrogen-bond donors (Lipinski definition) is 1. The fraction of sp³-hybridized carbons (Fsp3) is 0.464. The maximum absolute atomic E-state index is 13.7. The van der Waals surface area contributed by atoms with Crippen LogP contribution in [0.4, 0.5) is 0 Å². The van der Waals surface area contributed by atoms with E-state index in [0.717, 1.165) is 60.2 Å². The van der Waals surface area contributed by atoms with Crippen molar-refractivity contribution in [3.05, 3.63) is 70.7 Å². The summed E-state index contributed by atoms with van der Waals surface area (Å²) in [6.07, 6.45) is 11.7. The van der Waals surface area contributed by atoms with Crippen molar-refractivity contribution in [1.29, 1.82) is 0 Å². The van der Waals surface area contributed by atoms with Gasteiger partial charge in [-0.05, 0) is 53.2 Å². The molecule has 3 aromatic heterocycles. The minimum absolute atomic E-state index is 0.0927. The highest BCUT2D eigenvalue weighted by atomic mass is 16.1. The molecule has 1 saturated carbocycles. The molecule has 1 N–H and O–H groups in total. The molecule has 0 aliphatic heterocycles. The summed E-state index contributed by atoms with van der Waals surface area (Å²) in [4.78, 5) is 18.4. The predicted molar refractivity (Wildman–Crippen MR) is 141 cm³/mol. The van der Waals surface area contributed by atoms with E-state index in [1.54, 1.807) is 0 Å². The SMILES string of the molecule is CCCCc1cn(C2CCCCC2(C)C)c(=O)n1Cc1ccc(-c2ccccc2-c2nnn[nH]2)cn1. The summed E-state index contributed by atoms with van der Waals surface area (Å²) in [6, 6.07) is 12.3. The van der Waals surface area contributed by atoms with Crippen molar-refractivity contribution >= 4 is 0 Å². The zero-order valence-corrected chi connectivity index (χ0v) is 21.4. The van der Waals surface area contributed by atoms with E-state index in [4.69, 9.17) is 4.98 Å². The van der Waals surface area contributed by atoms with Crippen LogP contribution in [0.1, 0.15) is 76.7 Å². The number of aromatic amines is 1. The molecule has 8 heteroatoms. The van der Waals surface area contributed by atoms with Crippen molar-refractivity contribution in [2.24, 2.45) is 5.41 Å². The average molecular weight is 486 g/mol. The standard InChI is InChI=1S/C28H35N7O/c1-4-5-10-22-19-35(25-13-8-9-16-28(25,2)3)27(36)34(22)18-21-15-14-20(17-29-21)23-11-6-7-12-24(23)26-30-32-33-31-26/h6-7,11-12,14-15,17,19,25H,4-5,8-10,13,16,18H2,1-3H3,(H,30,31,32,33). The Morgan fingerprint density at radius 1 is 1.11 bits per heavy atom. The van der Waals surface area contributed by atoms with Gasteiger partial charge in [-0.15, -0.1) is 5.10 Å². The Labute approximate surface area is 211 Å². The normalized spacial score (nSPS) is 17.4. The zero-order chi connectivity index (χ0) is 25.1. The van der Waals surface area contributed by atoms with Crippen molar-refractivity contribution in [2.45, 2.75) is 78.3 Å². The zero-order valence-electron chi connectivity index (χ0n) is 21.4. The number of nitrogens with one attached hydrogen (secondary N) is 1. The Bertz CT molecular complexity index is 1350. The second-order valence-electron chi connectivity index (χ2n) is 10.6. The molecule has 36 heavy (non-hydrogen) atoms. The van der Waals surface area contributed by atoms with Gasteiger partial charge in [-0.25, -0.2) is 9.89 Å². The molecule has 4 aromatic rings. The monoisotopic (exact) mass is 485 g/mol. The molecule has 1 unspecified atom stereocenters. The first-order chi connectivity index (χ1) is 17.5. The Morgan fingerprint density at radius 2 is 1.94 bits per heavy atom. The maximum Gasteiger partial charge on any atom is 0.328 e. The first kappa shape index (κ1) is 24.2. The lowest BCUT2D eigenvalue weighted by Gasteiger charge is -2.38. The van der Waals surface area contributed by atoms with Crippen LogP contribution in [0.15, 0.2) is 53.6 Å². The summed E-state index contributed by atoms with van der Waals surface area (Å²) in [6.45, 7) is 7.28. The summed E-state index contributed by atoms with van der Waals surface area (Å²) in [5.74, 6) is 0.619. The van der Waals surface area contributed by atoms with Crippen LogP contribution in [-0.2, 0) is 13.0 Å². The van der Waals surface area contributed by atoms with E-state index in [1.807, 2.05) is 45.7 Å². The minimum atomic E-state index is 0.0927. The molecular weight excluding hydrogens is 450 g/mol. The molecular formula is C28H35N7O. The molecule has 1 aromatic carbocycles. The highest BCUT2D eigenvalue weighted by Crippen LogP contribution is 2.43. The molecule has 1 aliphatic rings. The maximum atomic E-state index is 13.7. The van der Waals surface area contributed by atoms with Crippen molar-refractivity contribution < 1.29 is 0 Å². The second kappa shape index (κ2) is 10.2. The van der Waals surface area contributed by atoms with Crippen LogP contribution in [-0.4, -0.2) is 34.7 Å². The fourth-order valence-corrected chi connectivity index (χ4v) is 5.54. The first-order valence-electron chi connectivity index (χ1n) is 13.1. The Balaban J connectivity index is 1.45. The summed E-state index contributed by atoms with van der Waals surface area (Å²) >= 11 is 0. The summed E-state index contributed by atoms with van der Waals surface area (Å²) in [5, 5.41) is 14.3. The van der Waals surface area contributed by atoms with E-state index < -0.39 is 0 Å². The largest absolute Gasteiger partial charge is 0.328 e. The lowest BCUT2D eigenvalue weighted by molar-refractivity contribution is 0.140. The van der Waals surface area contributed by atoms with Gasteiger partial charge in [-0.1, -0.05) is 70.4 Å². The third kappa shape index (κ3) is 4.76. The van der Waals surface area contributed by atoms with Gasteiger partial charge in [0.25, 0.3) is 0 Å². The number of unbranched alkanes of at least 4 members (excludes halogenated alkanes) is 1. The molecule has 0 spiro atoms. The predicted octanol–water partition coefficient (Wildman–Crippen LogP) is 5.42. The molecule has 188 valence electrons. The number of imidazole rings is 1. The number of benzene rings is 1. The number of nitrogens with zero attached hydrogens (tertiary/aromatic N) is 6. The van der Waals surface area contributed by atoms with E-state index in [-0.39, 0.29) is 17.1 Å². The van der Waals surface area contributed by atoms with Crippen molar-refractivity contribution in [3.63, 3.8) is 0 Å². The number of H-pyrrole nitrogens is 1. The second-order valence-corrected chi connectivity index (χ2v) is 10.6. The van der Waals surface area contributed by atoms with Gasteiger partial charge in [-0.2, -0.15) is 0 Å². The average Bonchev–Trinajstić information content (AvgIpc) is 3.52. The van der Waals surface area contributed by atoms with Crippen molar-refractivity contribution in [3.8, 4) is 22.5 Å². The highest BCUT2D eigenvalue weighted by Gasteiger charge is 2.35. The third-order valence-electron chi connectivity index (χ3n) is 7.64. The number of aromatic nitrogens is 7. The molecule has 5 rings (SSSR count). The molecule has 0 radical (unpaired) electrons. The van der Waals surface area contributed by atoms with Gasteiger partial charge in [0.2, 0.25) is 0 Å². The van der Waals surface area contributed by atoms with Gasteiger partial charge in [-0.3, -0.25) is 14.1 Å². The van der Waals surface area contributed by atoms with Crippen LogP contribution >= 0.6 is 0 Å². The molecule has 0 amide bonds. The number of aryl methyl sites for hydroxylation is 1. The molecule has 0 bridgehead atoms. The smallest absolute Gasteiger partial charge is 0.295 e. The molecule has 0 saturated heterocycles. The van der Waals surface area contributed by atoms with Gasteiger partial charge in [0.15, 0.2) is 5.82 Å². The number of hydrogen-bond acceptors (Lipinski definition) is 5. The lowest BCUT2D eigenvalue weighted by atomic mass is 9.73. The van der Waals surface area contributed by atoms with E-state index in [1.165, 1.54) is 12.8 Å². The number of pyridine rings is 1. The topological polar surface area (TPSA) is 94.3 Å². The molecule has 1 atom stereocenters. The van der Waals surface area contributed by atoms with Crippen LogP contribution in [0.2, 0.25) is 0 Å². The first-order valence-corrected chi connectivity index (χ1v) is 13.1. The van der Waals surface area contributed by atoms with Crippen LogP contribution < -0.4 is 5.69 Å². The van der Waals surface area contributed by atoms with Gasteiger partial charge < -0.3 is 0 Å². The third-order valence-corrected chi connectivity index (χ3v) is 7.64. The number of rotatable bonds is 8. The van der Waals surface area contributed by atoms with Gasteiger partial charge in [0.05, 0.1) is 12.2 Å². The summed E-state index contributed by atoms with van der Waals surface area (Å²) < 4.78 is 3.97. The number of tetrazole rings is 1. The quantitative estimate of drug-likeness (QED) is 0.359. The van der Waals surface area contributed by atoms with Gasteiger partial charge in [0, 0.05) is 35.3 Å². The Morgan fingerprint density at radius 3 is 2.64 bits per heavy atom. The van der Waals surface area contributed by atoms with Crippen LogP contribution in [0.5, 0.6) is 0 Å². The van der Waals surface area contributed by atoms with Gasteiger partial charge in [0.1, 0.15) is 0 Å². The highest BCUT2D eigenvalue weighted by molar-refractivity contribution is 5.79. The van der Waals surface area contributed by atoms with Crippen LogP contribution in [0, 0.1) is 5.41 Å². The van der Waals surface area contributed by atoms with Crippen LogP contribution in [0.25, 0.3) is 22.5 Å². The molecule has 3 heterocycles. The van der Waals surface area contributed by atoms with Crippen molar-refractivity contribution in [2.75, 3.05) is 0 Å². The minimum Gasteiger partial charge on any atom is -0.295 e.